The van der Waals surface area contributed by atoms with Gasteiger partial charge in [-0.1, -0.05) is 23.7 Å². The molecule has 100 valence electrons. The SMILES string of the molecule is CN(C)c1cccc(NCc2c(F)cccc2Cl)c1. The number of nitrogens with one attached hydrogen (secondary N) is 1. The molecule has 0 heterocycles. The van der Waals surface area contributed by atoms with Crippen LogP contribution in [0.15, 0.2) is 42.5 Å². The van der Waals surface area contributed by atoms with E-state index in [1.54, 1.807) is 12.1 Å². The Hall–Kier alpha value is -1.74. The minimum absolute atomic E-state index is 0.288. The van der Waals surface area contributed by atoms with Crippen LogP contribution in [0.5, 0.6) is 0 Å². The van der Waals surface area contributed by atoms with Gasteiger partial charge < -0.3 is 10.2 Å². The van der Waals surface area contributed by atoms with Gasteiger partial charge in [-0.15, -0.1) is 0 Å². The summed E-state index contributed by atoms with van der Waals surface area (Å²) >= 11 is 5.99. The van der Waals surface area contributed by atoms with Crippen LogP contribution in [0.25, 0.3) is 0 Å². The number of hydrogen-bond donors (Lipinski definition) is 1. The fourth-order valence-corrected chi connectivity index (χ4v) is 2.02. The molecule has 2 nitrogen and oxygen atoms in total. The molecule has 0 radical (unpaired) electrons. The maximum atomic E-state index is 13.6. The molecule has 2 aromatic carbocycles. The van der Waals surface area contributed by atoms with E-state index in [0.717, 1.165) is 11.4 Å². The summed E-state index contributed by atoms with van der Waals surface area (Å²) in [6.45, 7) is 0.363. The molecule has 0 aliphatic rings. The van der Waals surface area contributed by atoms with E-state index >= 15 is 0 Å². The molecule has 0 unspecified atom stereocenters. The Labute approximate surface area is 117 Å². The van der Waals surface area contributed by atoms with Gasteiger partial charge in [0.25, 0.3) is 0 Å². The van der Waals surface area contributed by atoms with Crippen molar-refractivity contribution in [2.45, 2.75) is 6.54 Å². The maximum absolute atomic E-state index is 13.6. The molecule has 0 aromatic heterocycles. The Morgan fingerprint density at radius 1 is 1.16 bits per heavy atom. The van der Waals surface area contributed by atoms with Crippen LogP contribution >= 0.6 is 11.6 Å². The van der Waals surface area contributed by atoms with E-state index < -0.39 is 0 Å². The monoisotopic (exact) mass is 278 g/mol. The normalized spacial score (nSPS) is 10.3. The summed E-state index contributed by atoms with van der Waals surface area (Å²) in [5.74, 6) is -0.288. The predicted molar refractivity (Wildman–Crippen MR) is 79.5 cm³/mol. The molecule has 0 saturated carbocycles. The number of anilines is 2. The van der Waals surface area contributed by atoms with E-state index in [0.29, 0.717) is 17.1 Å². The van der Waals surface area contributed by atoms with Gasteiger partial charge in [0.2, 0.25) is 0 Å². The summed E-state index contributed by atoms with van der Waals surface area (Å²) < 4.78 is 13.6. The van der Waals surface area contributed by atoms with E-state index in [9.17, 15) is 4.39 Å². The van der Waals surface area contributed by atoms with E-state index in [-0.39, 0.29) is 5.82 Å². The van der Waals surface area contributed by atoms with Crippen molar-refractivity contribution in [2.75, 3.05) is 24.3 Å². The first kappa shape index (κ1) is 13.7. The topological polar surface area (TPSA) is 15.3 Å². The molecule has 1 N–H and O–H groups in total. The van der Waals surface area contributed by atoms with Crippen LogP contribution in [-0.2, 0) is 6.54 Å². The quantitative estimate of drug-likeness (QED) is 0.903. The second kappa shape index (κ2) is 5.93. The van der Waals surface area contributed by atoms with Crippen molar-refractivity contribution in [2.24, 2.45) is 0 Å². The predicted octanol–water partition coefficient (Wildman–Crippen LogP) is 4.16. The Bertz CT molecular complexity index is 550. The summed E-state index contributed by atoms with van der Waals surface area (Å²) in [6.07, 6.45) is 0. The zero-order valence-electron chi connectivity index (χ0n) is 11.0. The summed E-state index contributed by atoms with van der Waals surface area (Å²) in [4.78, 5) is 2.02. The first-order valence-electron chi connectivity index (χ1n) is 6.02. The molecule has 0 saturated heterocycles. The van der Waals surface area contributed by atoms with Gasteiger partial charge in [0.15, 0.2) is 0 Å². The minimum Gasteiger partial charge on any atom is -0.381 e. The Kier molecular flexibility index (Phi) is 4.27. The van der Waals surface area contributed by atoms with E-state index in [1.807, 2.05) is 43.3 Å². The third-order valence-corrected chi connectivity index (χ3v) is 3.25. The zero-order chi connectivity index (χ0) is 13.8. The summed E-state index contributed by atoms with van der Waals surface area (Å²) in [6, 6.07) is 12.6. The van der Waals surface area contributed by atoms with Crippen molar-refractivity contribution in [3.05, 3.63) is 58.9 Å². The standard InChI is InChI=1S/C15H16ClFN2/c1-19(2)12-6-3-5-11(9-12)18-10-13-14(16)7-4-8-15(13)17/h3-9,18H,10H2,1-2H3. The fourth-order valence-electron chi connectivity index (χ4n) is 1.79. The number of nitrogens with zero attached hydrogens (tertiary/aromatic N) is 1. The van der Waals surface area contributed by atoms with Crippen molar-refractivity contribution < 1.29 is 4.39 Å². The van der Waals surface area contributed by atoms with E-state index in [2.05, 4.69) is 5.32 Å². The van der Waals surface area contributed by atoms with Gasteiger partial charge in [-0.25, -0.2) is 4.39 Å². The first-order chi connectivity index (χ1) is 9.08. The molecule has 0 aliphatic heterocycles. The van der Waals surface area contributed by atoms with Crippen LogP contribution in [0.1, 0.15) is 5.56 Å². The van der Waals surface area contributed by atoms with Crippen LogP contribution in [-0.4, -0.2) is 14.1 Å². The van der Waals surface area contributed by atoms with Crippen molar-refractivity contribution >= 4 is 23.0 Å². The molecule has 0 spiro atoms. The van der Waals surface area contributed by atoms with Gasteiger partial charge in [0.1, 0.15) is 5.82 Å². The average molecular weight is 279 g/mol. The Balaban J connectivity index is 2.12. The third kappa shape index (κ3) is 3.38. The number of rotatable bonds is 4. The van der Waals surface area contributed by atoms with Gasteiger partial charge >= 0.3 is 0 Å². The Morgan fingerprint density at radius 3 is 2.58 bits per heavy atom. The minimum atomic E-state index is -0.288. The first-order valence-corrected chi connectivity index (χ1v) is 6.40. The largest absolute Gasteiger partial charge is 0.381 e. The van der Waals surface area contributed by atoms with Crippen molar-refractivity contribution in [3.8, 4) is 0 Å². The van der Waals surface area contributed by atoms with Gasteiger partial charge in [-0.3, -0.25) is 0 Å². The lowest BCUT2D eigenvalue weighted by atomic mass is 10.2. The molecular weight excluding hydrogens is 263 g/mol. The lowest BCUT2D eigenvalue weighted by Crippen LogP contribution is -2.09. The maximum Gasteiger partial charge on any atom is 0.129 e. The molecule has 0 aliphatic carbocycles. The highest BCUT2D eigenvalue weighted by Gasteiger charge is 2.06. The molecule has 0 amide bonds. The van der Waals surface area contributed by atoms with Crippen molar-refractivity contribution in [3.63, 3.8) is 0 Å². The molecule has 4 heteroatoms. The molecule has 0 bridgehead atoms. The molecule has 2 rings (SSSR count). The molecule has 0 fully saturated rings. The van der Waals surface area contributed by atoms with Crippen LogP contribution in [0.3, 0.4) is 0 Å². The van der Waals surface area contributed by atoms with E-state index in [4.69, 9.17) is 11.6 Å². The number of hydrogen-bond acceptors (Lipinski definition) is 2. The molecule has 19 heavy (non-hydrogen) atoms. The smallest absolute Gasteiger partial charge is 0.129 e. The van der Waals surface area contributed by atoms with Gasteiger partial charge in [0, 0.05) is 42.6 Å². The van der Waals surface area contributed by atoms with E-state index in [1.165, 1.54) is 6.07 Å². The number of halogens is 2. The molecular formula is C15H16ClFN2. The fraction of sp³-hybridized carbons (Fsp3) is 0.200. The van der Waals surface area contributed by atoms with Crippen LogP contribution in [0, 0.1) is 5.82 Å². The van der Waals surface area contributed by atoms with Gasteiger partial charge in [0.05, 0.1) is 0 Å². The highest BCUT2D eigenvalue weighted by atomic mass is 35.5. The summed E-state index contributed by atoms with van der Waals surface area (Å²) in [5.41, 5.74) is 2.51. The van der Waals surface area contributed by atoms with Crippen molar-refractivity contribution in [1.29, 1.82) is 0 Å². The van der Waals surface area contributed by atoms with Gasteiger partial charge in [-0.05, 0) is 30.3 Å². The highest BCUT2D eigenvalue weighted by Crippen LogP contribution is 2.22. The Morgan fingerprint density at radius 2 is 1.89 bits per heavy atom. The second-order valence-electron chi connectivity index (χ2n) is 4.50. The van der Waals surface area contributed by atoms with Gasteiger partial charge in [-0.2, -0.15) is 0 Å². The van der Waals surface area contributed by atoms with Crippen LogP contribution in [0.4, 0.5) is 15.8 Å². The summed E-state index contributed by atoms with van der Waals surface area (Å²) in [5, 5.41) is 3.63. The van der Waals surface area contributed by atoms with Crippen molar-refractivity contribution in [1.82, 2.24) is 0 Å². The van der Waals surface area contributed by atoms with Crippen LogP contribution in [0.2, 0.25) is 5.02 Å². The molecule has 0 atom stereocenters. The second-order valence-corrected chi connectivity index (χ2v) is 4.91. The highest BCUT2D eigenvalue weighted by molar-refractivity contribution is 6.31. The average Bonchev–Trinajstić information content (AvgIpc) is 2.38. The summed E-state index contributed by atoms with van der Waals surface area (Å²) in [7, 11) is 3.96. The lowest BCUT2D eigenvalue weighted by molar-refractivity contribution is 0.613. The zero-order valence-corrected chi connectivity index (χ0v) is 11.7. The third-order valence-electron chi connectivity index (χ3n) is 2.89. The lowest BCUT2D eigenvalue weighted by Gasteiger charge is -2.15. The number of benzene rings is 2. The van der Waals surface area contributed by atoms with Crippen LogP contribution < -0.4 is 10.2 Å². The molecule has 2 aromatic rings.